The van der Waals surface area contributed by atoms with E-state index in [-0.39, 0.29) is 12.1 Å². The first kappa shape index (κ1) is 16.4. The van der Waals surface area contributed by atoms with Gasteiger partial charge in [0.2, 0.25) is 0 Å². The smallest absolute Gasteiger partial charge is 0.319 e. The molecule has 0 saturated heterocycles. The fourth-order valence-electron chi connectivity index (χ4n) is 2.63. The minimum absolute atomic E-state index is 0.181. The van der Waals surface area contributed by atoms with Crippen LogP contribution in [0, 0.1) is 0 Å². The van der Waals surface area contributed by atoms with Crippen LogP contribution in [-0.4, -0.2) is 34.0 Å². The number of carbonyl (C=O) groups is 1. The quantitative estimate of drug-likeness (QED) is 0.893. The molecule has 21 heavy (non-hydrogen) atoms. The molecule has 1 aromatic carbocycles. The van der Waals surface area contributed by atoms with E-state index in [2.05, 4.69) is 16.9 Å². The number of nitrogens with one attached hydrogen (secondary N) is 2. The number of thioether (sulfide) groups is 1. The van der Waals surface area contributed by atoms with Crippen LogP contribution in [0.5, 0.6) is 0 Å². The topological polar surface area (TPSA) is 58.2 Å². The lowest BCUT2D eigenvalue weighted by Crippen LogP contribution is -2.45. The Hall–Kier alpha value is -1.01. The van der Waals surface area contributed by atoms with Crippen molar-refractivity contribution in [3.63, 3.8) is 0 Å². The zero-order chi connectivity index (χ0) is 15.2. The summed E-state index contributed by atoms with van der Waals surface area (Å²) >= 11 is 1.83. The maximum Gasteiger partial charge on any atom is 0.319 e. The fraction of sp³-hybridized carbons (Fsp3) is 0.533. The minimum atomic E-state index is -1.04. The van der Waals surface area contributed by atoms with Gasteiger partial charge in [-0.3, -0.25) is 4.21 Å². The monoisotopic (exact) mass is 326 g/mol. The summed E-state index contributed by atoms with van der Waals surface area (Å²) in [6.07, 6.45) is 8.35. The Morgan fingerprint density at radius 3 is 2.81 bits per heavy atom. The van der Waals surface area contributed by atoms with Crippen LogP contribution in [0.4, 0.5) is 10.5 Å². The van der Waals surface area contributed by atoms with Crippen LogP contribution in [0.3, 0.4) is 0 Å². The molecule has 0 bridgehead atoms. The molecule has 6 heteroatoms. The Balaban J connectivity index is 1.95. The molecule has 1 aromatic rings. The molecular weight excluding hydrogens is 304 g/mol. The van der Waals surface area contributed by atoms with Crippen molar-refractivity contribution in [3.8, 4) is 0 Å². The molecule has 3 atom stereocenters. The average Bonchev–Trinajstić information content (AvgIpc) is 2.48. The van der Waals surface area contributed by atoms with Crippen molar-refractivity contribution in [2.24, 2.45) is 0 Å². The van der Waals surface area contributed by atoms with Crippen LogP contribution in [-0.2, 0) is 10.8 Å². The largest absolute Gasteiger partial charge is 0.334 e. The number of amides is 2. The number of carbonyl (C=O) groups excluding carboxylic acids is 1. The van der Waals surface area contributed by atoms with Crippen molar-refractivity contribution in [2.45, 2.75) is 41.9 Å². The summed E-state index contributed by atoms with van der Waals surface area (Å²) in [4.78, 5) is 12.8. The lowest BCUT2D eigenvalue weighted by molar-refractivity contribution is 0.245. The van der Waals surface area contributed by atoms with E-state index in [9.17, 15) is 9.00 Å². The zero-order valence-electron chi connectivity index (χ0n) is 12.4. The van der Waals surface area contributed by atoms with Crippen LogP contribution in [0.15, 0.2) is 29.2 Å². The molecule has 0 aliphatic heterocycles. The fourth-order valence-corrected chi connectivity index (χ4v) is 4.13. The molecule has 1 aliphatic rings. The Kier molecular flexibility index (Phi) is 6.11. The van der Waals surface area contributed by atoms with Crippen molar-refractivity contribution in [1.29, 1.82) is 0 Å². The van der Waals surface area contributed by atoms with Crippen LogP contribution in [0.1, 0.15) is 25.7 Å². The predicted octanol–water partition coefficient (Wildman–Crippen LogP) is 3.22. The number of benzene rings is 1. The van der Waals surface area contributed by atoms with Gasteiger partial charge in [-0.25, -0.2) is 4.79 Å². The van der Waals surface area contributed by atoms with E-state index in [0.29, 0.717) is 15.8 Å². The van der Waals surface area contributed by atoms with Gasteiger partial charge in [-0.05, 0) is 37.3 Å². The first-order valence-electron chi connectivity index (χ1n) is 7.14. The SMILES string of the molecule is CS[C@@H]1CCCC[C@@H]1NC(=O)Nc1cccc([S@](C)=O)c1. The average molecular weight is 326 g/mol. The lowest BCUT2D eigenvalue weighted by atomic mass is 9.95. The molecule has 116 valence electrons. The molecular formula is C15H22N2O2S2. The third-order valence-corrected chi connectivity index (χ3v) is 5.83. The van der Waals surface area contributed by atoms with Gasteiger partial charge in [-0.15, -0.1) is 0 Å². The lowest BCUT2D eigenvalue weighted by Gasteiger charge is -2.30. The molecule has 0 radical (unpaired) electrons. The molecule has 1 saturated carbocycles. The van der Waals surface area contributed by atoms with E-state index < -0.39 is 10.8 Å². The molecule has 0 aromatic heterocycles. The predicted molar refractivity (Wildman–Crippen MR) is 90.5 cm³/mol. The van der Waals surface area contributed by atoms with E-state index in [1.54, 1.807) is 24.5 Å². The van der Waals surface area contributed by atoms with Gasteiger partial charge in [-0.2, -0.15) is 11.8 Å². The Morgan fingerprint density at radius 1 is 1.33 bits per heavy atom. The number of anilines is 1. The summed E-state index contributed by atoms with van der Waals surface area (Å²) < 4.78 is 11.5. The molecule has 2 N–H and O–H groups in total. The highest BCUT2D eigenvalue weighted by Crippen LogP contribution is 2.27. The zero-order valence-corrected chi connectivity index (χ0v) is 14.1. The third kappa shape index (κ3) is 4.74. The van der Waals surface area contributed by atoms with Gasteiger partial charge < -0.3 is 10.6 Å². The third-order valence-electron chi connectivity index (χ3n) is 3.75. The van der Waals surface area contributed by atoms with Crippen molar-refractivity contribution in [1.82, 2.24) is 5.32 Å². The molecule has 1 fully saturated rings. The number of urea groups is 1. The van der Waals surface area contributed by atoms with Crippen LogP contribution in [0.25, 0.3) is 0 Å². The summed E-state index contributed by atoms with van der Waals surface area (Å²) in [5.41, 5.74) is 0.678. The van der Waals surface area contributed by atoms with Gasteiger partial charge in [0.05, 0.1) is 0 Å². The van der Waals surface area contributed by atoms with Crippen molar-refractivity contribution < 1.29 is 9.00 Å². The standard InChI is InChI=1S/C15H22N2O2S2/c1-20-14-9-4-3-8-13(14)17-15(18)16-11-6-5-7-12(10-11)21(2)19/h5-7,10,13-14H,3-4,8-9H2,1-2H3,(H2,16,17,18)/t13-,14+,21-/m0/s1. The maximum absolute atomic E-state index is 12.1. The van der Waals surface area contributed by atoms with Crippen LogP contribution in [0.2, 0.25) is 0 Å². The van der Waals surface area contributed by atoms with Gasteiger partial charge in [0, 0.05) is 38.9 Å². The number of rotatable bonds is 4. The summed E-state index contributed by atoms with van der Waals surface area (Å²) in [5, 5.41) is 6.40. The second-order valence-electron chi connectivity index (χ2n) is 5.25. The highest BCUT2D eigenvalue weighted by molar-refractivity contribution is 7.99. The Labute approximate surface area is 132 Å². The highest BCUT2D eigenvalue weighted by atomic mass is 32.2. The van der Waals surface area contributed by atoms with E-state index in [1.807, 2.05) is 17.8 Å². The molecule has 2 rings (SSSR count). The molecule has 4 nitrogen and oxygen atoms in total. The first-order chi connectivity index (χ1) is 10.1. The summed E-state index contributed by atoms with van der Waals surface area (Å²) in [6.45, 7) is 0. The van der Waals surface area contributed by atoms with Crippen LogP contribution >= 0.6 is 11.8 Å². The Morgan fingerprint density at radius 2 is 2.10 bits per heavy atom. The minimum Gasteiger partial charge on any atom is -0.334 e. The number of hydrogen-bond acceptors (Lipinski definition) is 3. The maximum atomic E-state index is 12.1. The second kappa shape index (κ2) is 7.84. The molecule has 1 aliphatic carbocycles. The highest BCUT2D eigenvalue weighted by Gasteiger charge is 2.25. The van der Waals surface area contributed by atoms with E-state index in [4.69, 9.17) is 0 Å². The van der Waals surface area contributed by atoms with Crippen molar-refractivity contribution >= 4 is 34.3 Å². The molecule has 2 amide bonds. The van der Waals surface area contributed by atoms with Gasteiger partial charge in [0.25, 0.3) is 0 Å². The van der Waals surface area contributed by atoms with E-state index in [0.717, 1.165) is 12.8 Å². The van der Waals surface area contributed by atoms with Crippen molar-refractivity contribution in [3.05, 3.63) is 24.3 Å². The summed E-state index contributed by atoms with van der Waals surface area (Å²) in [6, 6.07) is 7.21. The van der Waals surface area contributed by atoms with E-state index in [1.165, 1.54) is 12.8 Å². The Bertz CT molecular complexity index is 522. The van der Waals surface area contributed by atoms with Crippen molar-refractivity contribution in [2.75, 3.05) is 17.8 Å². The van der Waals surface area contributed by atoms with Crippen LogP contribution < -0.4 is 10.6 Å². The molecule has 0 heterocycles. The molecule has 0 unspecified atom stereocenters. The second-order valence-corrected chi connectivity index (χ2v) is 7.70. The summed E-state index contributed by atoms with van der Waals surface area (Å²) in [7, 11) is -1.04. The van der Waals surface area contributed by atoms with Gasteiger partial charge >= 0.3 is 6.03 Å². The first-order valence-corrected chi connectivity index (χ1v) is 9.98. The van der Waals surface area contributed by atoms with Gasteiger partial charge in [-0.1, -0.05) is 18.9 Å². The molecule has 0 spiro atoms. The van der Waals surface area contributed by atoms with Gasteiger partial charge in [0.1, 0.15) is 0 Å². The number of hydrogen-bond donors (Lipinski definition) is 2. The van der Waals surface area contributed by atoms with E-state index >= 15 is 0 Å². The normalized spacial score (nSPS) is 23.3. The van der Waals surface area contributed by atoms with Gasteiger partial charge in [0.15, 0.2) is 0 Å². The summed E-state index contributed by atoms with van der Waals surface area (Å²) in [5.74, 6) is 0.